The molecule has 0 spiro atoms. The first-order chi connectivity index (χ1) is 12.6. The lowest BCUT2D eigenvalue weighted by molar-refractivity contribution is -0.142. The lowest BCUT2D eigenvalue weighted by Gasteiger charge is -2.13. The Kier molecular flexibility index (Phi) is 6.08. The second-order valence-corrected chi connectivity index (χ2v) is 6.71. The second kappa shape index (κ2) is 8.68. The van der Waals surface area contributed by atoms with Gasteiger partial charge in [0, 0.05) is 6.92 Å². The molecule has 0 aromatic heterocycles. The predicted octanol–water partition coefficient (Wildman–Crippen LogP) is 5.76. The van der Waals surface area contributed by atoms with Gasteiger partial charge in [0.15, 0.2) is 0 Å². The smallest absolute Gasteiger partial charge is 0.302 e. The number of carbonyl (C=O) groups is 1. The largest absolute Gasteiger partial charge is 0.488 e. The van der Waals surface area contributed by atoms with Gasteiger partial charge in [-0.1, -0.05) is 60.7 Å². The van der Waals surface area contributed by atoms with Gasteiger partial charge in [0.1, 0.15) is 19.0 Å². The molecule has 0 unspecified atom stereocenters. The van der Waals surface area contributed by atoms with E-state index in [2.05, 4.69) is 15.9 Å². The van der Waals surface area contributed by atoms with Crippen molar-refractivity contribution in [2.45, 2.75) is 20.1 Å². The van der Waals surface area contributed by atoms with Gasteiger partial charge in [0.25, 0.3) is 0 Å². The fourth-order valence-electron chi connectivity index (χ4n) is 2.63. The lowest BCUT2D eigenvalue weighted by atomic mass is 10.00. The number of carbonyl (C=O) groups excluding carboxylic acids is 1. The topological polar surface area (TPSA) is 35.5 Å². The molecule has 0 aliphatic rings. The summed E-state index contributed by atoms with van der Waals surface area (Å²) >= 11 is 3.59. The molecule has 0 fully saturated rings. The van der Waals surface area contributed by atoms with E-state index in [1.807, 2.05) is 72.8 Å². The van der Waals surface area contributed by atoms with E-state index in [-0.39, 0.29) is 12.6 Å². The average Bonchev–Trinajstić information content (AvgIpc) is 2.66. The Morgan fingerprint density at radius 3 is 2.38 bits per heavy atom. The third-order valence-electron chi connectivity index (χ3n) is 3.93. The van der Waals surface area contributed by atoms with Crippen molar-refractivity contribution in [2.75, 3.05) is 0 Å². The molecule has 132 valence electrons. The van der Waals surface area contributed by atoms with E-state index in [1.165, 1.54) is 6.92 Å². The van der Waals surface area contributed by atoms with Crippen molar-refractivity contribution in [3.63, 3.8) is 0 Å². The third-order valence-corrected chi connectivity index (χ3v) is 4.55. The molecule has 0 atom stereocenters. The van der Waals surface area contributed by atoms with Crippen molar-refractivity contribution in [2.24, 2.45) is 0 Å². The molecular weight excluding hydrogens is 392 g/mol. The Bertz CT molecular complexity index is 891. The summed E-state index contributed by atoms with van der Waals surface area (Å²) in [5.41, 5.74) is 4.15. The second-order valence-electron chi connectivity index (χ2n) is 5.86. The number of hydrogen-bond acceptors (Lipinski definition) is 3. The molecule has 0 saturated heterocycles. The van der Waals surface area contributed by atoms with Crippen LogP contribution < -0.4 is 4.74 Å². The number of rotatable bonds is 6. The standard InChI is InChI=1S/C22H19BrO3/c1-16(24)25-15-19-9-5-6-10-20(19)18-11-12-22(21(23)13-18)26-14-17-7-3-2-4-8-17/h2-13H,14-15H2,1H3. The van der Waals surface area contributed by atoms with E-state index in [4.69, 9.17) is 9.47 Å². The van der Waals surface area contributed by atoms with Gasteiger partial charge in [-0.2, -0.15) is 0 Å². The summed E-state index contributed by atoms with van der Waals surface area (Å²) in [6.45, 7) is 2.19. The highest BCUT2D eigenvalue weighted by Gasteiger charge is 2.09. The minimum atomic E-state index is -0.286. The molecular formula is C22H19BrO3. The van der Waals surface area contributed by atoms with Crippen LogP contribution in [0.25, 0.3) is 11.1 Å². The van der Waals surface area contributed by atoms with E-state index in [0.717, 1.165) is 32.5 Å². The van der Waals surface area contributed by atoms with Gasteiger partial charge in [-0.25, -0.2) is 0 Å². The van der Waals surface area contributed by atoms with Crippen LogP contribution in [0, 0.1) is 0 Å². The number of benzene rings is 3. The van der Waals surface area contributed by atoms with Gasteiger partial charge in [-0.15, -0.1) is 0 Å². The Morgan fingerprint density at radius 2 is 1.65 bits per heavy atom. The highest BCUT2D eigenvalue weighted by molar-refractivity contribution is 9.10. The van der Waals surface area contributed by atoms with Crippen LogP contribution in [0.5, 0.6) is 5.75 Å². The molecule has 0 radical (unpaired) electrons. The number of ether oxygens (including phenoxy) is 2. The van der Waals surface area contributed by atoms with E-state index < -0.39 is 0 Å². The van der Waals surface area contributed by atoms with Crippen molar-refractivity contribution in [3.05, 3.63) is 88.4 Å². The fraction of sp³-hybridized carbons (Fsp3) is 0.136. The van der Waals surface area contributed by atoms with Crippen LogP contribution in [-0.2, 0) is 22.7 Å². The van der Waals surface area contributed by atoms with Crippen LogP contribution in [0.4, 0.5) is 0 Å². The zero-order valence-electron chi connectivity index (χ0n) is 14.4. The van der Waals surface area contributed by atoms with Crippen LogP contribution >= 0.6 is 15.9 Å². The Balaban J connectivity index is 1.78. The summed E-state index contributed by atoms with van der Waals surface area (Å²) in [5.74, 6) is 0.501. The van der Waals surface area contributed by atoms with Crippen molar-refractivity contribution in [1.29, 1.82) is 0 Å². The summed E-state index contributed by atoms with van der Waals surface area (Å²) in [6, 6.07) is 23.9. The van der Waals surface area contributed by atoms with E-state index in [0.29, 0.717) is 6.61 Å². The molecule has 3 nitrogen and oxygen atoms in total. The zero-order valence-corrected chi connectivity index (χ0v) is 16.0. The lowest BCUT2D eigenvalue weighted by Crippen LogP contribution is -2.00. The summed E-state index contributed by atoms with van der Waals surface area (Å²) < 4.78 is 11.9. The van der Waals surface area contributed by atoms with Gasteiger partial charge >= 0.3 is 5.97 Å². The van der Waals surface area contributed by atoms with Gasteiger partial charge in [-0.05, 0) is 50.3 Å². The van der Waals surface area contributed by atoms with Crippen LogP contribution in [0.1, 0.15) is 18.1 Å². The van der Waals surface area contributed by atoms with Crippen LogP contribution in [0.15, 0.2) is 77.3 Å². The molecule has 4 heteroatoms. The first kappa shape index (κ1) is 18.2. The van der Waals surface area contributed by atoms with Crippen LogP contribution in [-0.4, -0.2) is 5.97 Å². The molecule has 3 rings (SSSR count). The summed E-state index contributed by atoms with van der Waals surface area (Å²) in [5, 5.41) is 0. The first-order valence-corrected chi connectivity index (χ1v) is 9.10. The quantitative estimate of drug-likeness (QED) is 0.484. The SMILES string of the molecule is CC(=O)OCc1ccccc1-c1ccc(OCc2ccccc2)c(Br)c1. The monoisotopic (exact) mass is 410 g/mol. The van der Waals surface area contributed by atoms with Crippen molar-refractivity contribution in [3.8, 4) is 16.9 Å². The predicted molar refractivity (Wildman–Crippen MR) is 106 cm³/mol. The summed E-state index contributed by atoms with van der Waals surface area (Å²) in [7, 11) is 0. The molecule has 0 bridgehead atoms. The maximum Gasteiger partial charge on any atom is 0.302 e. The van der Waals surface area contributed by atoms with Crippen molar-refractivity contribution >= 4 is 21.9 Å². The Labute approximate surface area is 161 Å². The average molecular weight is 411 g/mol. The van der Waals surface area contributed by atoms with E-state index in [1.54, 1.807) is 0 Å². The molecule has 0 amide bonds. The molecule has 0 saturated carbocycles. The van der Waals surface area contributed by atoms with Gasteiger partial charge in [0.05, 0.1) is 4.47 Å². The summed E-state index contributed by atoms with van der Waals surface area (Å²) in [4.78, 5) is 11.1. The minimum Gasteiger partial charge on any atom is -0.488 e. The number of esters is 1. The molecule has 3 aromatic rings. The molecule has 0 N–H and O–H groups in total. The normalized spacial score (nSPS) is 10.4. The first-order valence-electron chi connectivity index (χ1n) is 8.31. The van der Waals surface area contributed by atoms with Crippen molar-refractivity contribution in [1.82, 2.24) is 0 Å². The van der Waals surface area contributed by atoms with Crippen LogP contribution in [0.3, 0.4) is 0 Å². The molecule has 0 heterocycles. The van der Waals surface area contributed by atoms with Crippen molar-refractivity contribution < 1.29 is 14.3 Å². The maximum atomic E-state index is 11.1. The minimum absolute atomic E-state index is 0.259. The molecule has 0 aliphatic heterocycles. The fourth-order valence-corrected chi connectivity index (χ4v) is 3.12. The summed E-state index contributed by atoms with van der Waals surface area (Å²) in [6.07, 6.45) is 0. The number of hydrogen-bond donors (Lipinski definition) is 0. The maximum absolute atomic E-state index is 11.1. The highest BCUT2D eigenvalue weighted by atomic mass is 79.9. The van der Waals surface area contributed by atoms with Gasteiger partial charge in [-0.3, -0.25) is 4.79 Å². The number of halogens is 1. The zero-order chi connectivity index (χ0) is 18.4. The molecule has 0 aliphatic carbocycles. The highest BCUT2D eigenvalue weighted by Crippen LogP contribution is 2.33. The van der Waals surface area contributed by atoms with E-state index >= 15 is 0 Å². The van der Waals surface area contributed by atoms with E-state index in [9.17, 15) is 4.79 Å². The van der Waals surface area contributed by atoms with Gasteiger partial charge < -0.3 is 9.47 Å². The Morgan fingerprint density at radius 1 is 0.923 bits per heavy atom. The van der Waals surface area contributed by atoms with Gasteiger partial charge in [0.2, 0.25) is 0 Å². The van der Waals surface area contributed by atoms with Crippen LogP contribution in [0.2, 0.25) is 0 Å². The molecule has 3 aromatic carbocycles. The Hall–Kier alpha value is -2.59. The molecule has 26 heavy (non-hydrogen) atoms. The third kappa shape index (κ3) is 4.73.